The number of allylic oxidation sites excluding steroid dienone is 1. The van der Waals surface area contributed by atoms with Crippen molar-refractivity contribution in [2.24, 2.45) is 10.7 Å². The second-order valence-electron chi connectivity index (χ2n) is 6.13. The van der Waals surface area contributed by atoms with E-state index in [1.807, 2.05) is 30.5 Å². The fraction of sp³-hybridized carbons (Fsp3) is 0. The number of benzene rings is 2. The first-order valence-electron chi connectivity index (χ1n) is 8.17. The minimum absolute atomic E-state index is 0.157. The Bertz CT molecular complexity index is 1110. The summed E-state index contributed by atoms with van der Waals surface area (Å²) in [5.74, 6) is -0.323. The van der Waals surface area contributed by atoms with Gasteiger partial charge in [0.25, 0.3) is 0 Å². The Labute approximate surface area is 154 Å². The van der Waals surface area contributed by atoms with Gasteiger partial charge >= 0.3 is 6.03 Å². The number of phenolic OH excluding ortho intramolecular Hbond substituents is 2. The van der Waals surface area contributed by atoms with Crippen LogP contribution >= 0.6 is 0 Å². The van der Waals surface area contributed by atoms with Gasteiger partial charge in [0.1, 0.15) is 0 Å². The molecule has 2 aromatic carbocycles. The number of aliphatic imine (C=N–C) groups is 1. The van der Waals surface area contributed by atoms with Crippen LogP contribution < -0.4 is 11.1 Å². The summed E-state index contributed by atoms with van der Waals surface area (Å²) >= 11 is 0. The normalized spacial score (nSPS) is 13.7. The van der Waals surface area contributed by atoms with Gasteiger partial charge in [-0.1, -0.05) is 6.07 Å². The number of nitrogens with two attached hydrogens (primary N) is 1. The maximum absolute atomic E-state index is 11.1. The van der Waals surface area contributed by atoms with E-state index in [1.54, 1.807) is 18.3 Å². The van der Waals surface area contributed by atoms with Crippen LogP contribution in [0.1, 0.15) is 11.3 Å². The molecule has 2 amide bonds. The number of urea groups is 1. The first kappa shape index (κ1) is 16.5. The molecule has 0 unspecified atom stereocenters. The van der Waals surface area contributed by atoms with Gasteiger partial charge in [0.2, 0.25) is 0 Å². The Hall–Kier alpha value is -4.00. The lowest BCUT2D eigenvalue weighted by Gasteiger charge is -2.05. The molecule has 0 fully saturated rings. The topological polar surface area (TPSA) is 124 Å². The lowest BCUT2D eigenvalue weighted by atomic mass is 10.0. The summed E-state index contributed by atoms with van der Waals surface area (Å²) in [6.07, 6.45) is 5.51. The number of nitrogens with zero attached hydrogens (tertiary/aromatic N) is 1. The molecule has 0 radical (unpaired) electrons. The average molecular weight is 360 g/mol. The Morgan fingerprint density at radius 2 is 1.93 bits per heavy atom. The summed E-state index contributed by atoms with van der Waals surface area (Å²) < 4.78 is 0. The molecule has 0 saturated carbocycles. The zero-order valence-corrected chi connectivity index (χ0v) is 14.1. The van der Waals surface area contributed by atoms with Crippen LogP contribution in [-0.2, 0) is 0 Å². The Kier molecular flexibility index (Phi) is 3.89. The second-order valence-corrected chi connectivity index (χ2v) is 6.13. The highest BCUT2D eigenvalue weighted by Gasteiger charge is 2.14. The number of fused-ring (bicyclic) bond motifs is 1. The third kappa shape index (κ3) is 3.25. The number of anilines is 1. The zero-order chi connectivity index (χ0) is 19.0. The molecule has 6 N–H and O–H groups in total. The number of H-pyrrole nitrogens is 1. The molecule has 27 heavy (non-hydrogen) atoms. The van der Waals surface area contributed by atoms with Crippen molar-refractivity contribution < 1.29 is 15.0 Å². The minimum atomic E-state index is -0.620. The molecule has 2 heterocycles. The Morgan fingerprint density at radius 1 is 1.07 bits per heavy atom. The van der Waals surface area contributed by atoms with E-state index in [-0.39, 0.29) is 11.5 Å². The maximum atomic E-state index is 11.1. The number of carbonyl (C=O) groups excluding carboxylic acids is 1. The Morgan fingerprint density at radius 3 is 2.70 bits per heavy atom. The van der Waals surface area contributed by atoms with E-state index in [1.165, 1.54) is 12.1 Å². The molecule has 0 spiro atoms. The van der Waals surface area contributed by atoms with Gasteiger partial charge in [-0.15, -0.1) is 0 Å². The molecule has 7 heteroatoms. The standard InChI is InChI=1S/C20H16N4O3/c21-20(27)24-14-2-3-17-16(8-14)13(10-23-17)6-15-5-12(9-22-15)11-1-4-18(25)19(26)7-11/h1-10,22,25-26H,(H3,21,24,27). The van der Waals surface area contributed by atoms with Crippen LogP contribution in [0.15, 0.2) is 53.7 Å². The molecular formula is C20H16N4O3. The van der Waals surface area contributed by atoms with E-state index in [0.717, 1.165) is 33.6 Å². The predicted octanol–water partition coefficient (Wildman–Crippen LogP) is 3.84. The SMILES string of the molecule is NC(=O)Nc1ccc2c(c1)C(=Cc1cc(-c3ccc(O)c(O)c3)c[nH]1)C=N2. The average Bonchev–Trinajstić information content (AvgIpc) is 3.25. The van der Waals surface area contributed by atoms with Crippen molar-refractivity contribution >= 4 is 35.3 Å². The van der Waals surface area contributed by atoms with Crippen molar-refractivity contribution in [2.45, 2.75) is 0 Å². The number of carbonyl (C=O) groups is 1. The van der Waals surface area contributed by atoms with Gasteiger partial charge in [-0.25, -0.2) is 4.79 Å². The summed E-state index contributed by atoms with van der Waals surface area (Å²) in [5.41, 5.74) is 10.9. The second kappa shape index (κ2) is 6.38. The molecule has 7 nitrogen and oxygen atoms in total. The Balaban J connectivity index is 1.65. The highest BCUT2D eigenvalue weighted by molar-refractivity contribution is 6.21. The van der Waals surface area contributed by atoms with Crippen LogP contribution in [-0.4, -0.2) is 27.4 Å². The number of phenols is 2. The third-order valence-electron chi connectivity index (χ3n) is 4.24. The molecule has 0 saturated heterocycles. The van der Waals surface area contributed by atoms with E-state index in [4.69, 9.17) is 5.73 Å². The maximum Gasteiger partial charge on any atom is 0.316 e. The predicted molar refractivity (Wildman–Crippen MR) is 105 cm³/mol. The molecule has 3 aromatic rings. The molecule has 4 rings (SSSR count). The van der Waals surface area contributed by atoms with Gasteiger partial charge in [-0.2, -0.15) is 0 Å². The van der Waals surface area contributed by atoms with Crippen molar-refractivity contribution in [3.8, 4) is 22.6 Å². The summed E-state index contributed by atoms with van der Waals surface area (Å²) in [6, 6.07) is 11.4. The molecule has 0 aliphatic carbocycles. The van der Waals surface area contributed by atoms with Crippen LogP contribution in [0.2, 0.25) is 0 Å². The van der Waals surface area contributed by atoms with Crippen LogP contribution in [0.5, 0.6) is 11.5 Å². The van der Waals surface area contributed by atoms with Crippen molar-refractivity contribution in [3.63, 3.8) is 0 Å². The summed E-state index contributed by atoms with van der Waals surface area (Å²) in [4.78, 5) is 18.6. The number of hydrogen-bond acceptors (Lipinski definition) is 4. The first-order chi connectivity index (χ1) is 13.0. The van der Waals surface area contributed by atoms with Crippen LogP contribution in [0.4, 0.5) is 16.2 Å². The monoisotopic (exact) mass is 360 g/mol. The number of aromatic hydroxyl groups is 2. The van der Waals surface area contributed by atoms with Gasteiger partial charge < -0.3 is 26.2 Å². The van der Waals surface area contributed by atoms with E-state index in [0.29, 0.717) is 5.69 Å². The zero-order valence-electron chi connectivity index (χ0n) is 14.1. The van der Waals surface area contributed by atoms with Crippen molar-refractivity contribution in [1.29, 1.82) is 0 Å². The van der Waals surface area contributed by atoms with E-state index < -0.39 is 6.03 Å². The van der Waals surface area contributed by atoms with Gasteiger partial charge in [-0.3, -0.25) is 4.99 Å². The van der Waals surface area contributed by atoms with Crippen LogP contribution in [0.25, 0.3) is 22.8 Å². The van der Waals surface area contributed by atoms with Gasteiger partial charge in [-0.05, 0) is 53.6 Å². The van der Waals surface area contributed by atoms with Crippen molar-refractivity contribution in [2.75, 3.05) is 5.32 Å². The number of aromatic amines is 1. The fourth-order valence-electron chi connectivity index (χ4n) is 2.96. The lowest BCUT2D eigenvalue weighted by Crippen LogP contribution is -2.19. The number of amides is 2. The molecule has 1 aromatic heterocycles. The smallest absolute Gasteiger partial charge is 0.316 e. The van der Waals surface area contributed by atoms with Gasteiger partial charge in [0, 0.05) is 34.9 Å². The van der Waals surface area contributed by atoms with Crippen molar-refractivity contribution in [1.82, 2.24) is 4.98 Å². The van der Waals surface area contributed by atoms with Crippen molar-refractivity contribution in [3.05, 3.63) is 59.9 Å². The molecule has 0 atom stereocenters. The largest absolute Gasteiger partial charge is 0.504 e. The number of aromatic nitrogens is 1. The third-order valence-corrected chi connectivity index (χ3v) is 4.24. The van der Waals surface area contributed by atoms with Gasteiger partial charge in [0.05, 0.1) is 5.69 Å². The highest BCUT2D eigenvalue weighted by atomic mass is 16.3. The molecule has 1 aliphatic heterocycles. The summed E-state index contributed by atoms with van der Waals surface area (Å²) in [7, 11) is 0. The number of rotatable bonds is 3. The fourth-order valence-corrected chi connectivity index (χ4v) is 2.96. The van der Waals surface area contributed by atoms with E-state index >= 15 is 0 Å². The van der Waals surface area contributed by atoms with Crippen LogP contribution in [0, 0.1) is 0 Å². The quantitative estimate of drug-likeness (QED) is 0.456. The summed E-state index contributed by atoms with van der Waals surface area (Å²) in [6.45, 7) is 0. The number of nitrogens with one attached hydrogen (secondary N) is 2. The molecule has 134 valence electrons. The van der Waals surface area contributed by atoms with Gasteiger partial charge in [0.15, 0.2) is 11.5 Å². The number of hydrogen-bond donors (Lipinski definition) is 5. The molecule has 1 aliphatic rings. The first-order valence-corrected chi connectivity index (χ1v) is 8.17. The van der Waals surface area contributed by atoms with E-state index in [9.17, 15) is 15.0 Å². The minimum Gasteiger partial charge on any atom is -0.504 e. The van der Waals surface area contributed by atoms with Crippen LogP contribution in [0.3, 0.4) is 0 Å². The van der Waals surface area contributed by atoms with E-state index in [2.05, 4.69) is 15.3 Å². The molecule has 0 bridgehead atoms. The molecular weight excluding hydrogens is 344 g/mol. The summed E-state index contributed by atoms with van der Waals surface area (Å²) in [5, 5.41) is 21.7. The lowest BCUT2D eigenvalue weighted by molar-refractivity contribution is 0.259. The highest BCUT2D eigenvalue weighted by Crippen LogP contribution is 2.35. The number of primary amides is 1.